The van der Waals surface area contributed by atoms with Crippen molar-refractivity contribution in [3.8, 4) is 0 Å². The molecule has 0 saturated carbocycles. The van der Waals surface area contributed by atoms with Crippen LogP contribution in [0.15, 0.2) is 42.6 Å². The molecule has 2 heteroatoms. The zero-order valence-electron chi connectivity index (χ0n) is 9.15. The fourth-order valence-corrected chi connectivity index (χ4v) is 1.44. The van der Waals surface area contributed by atoms with E-state index < -0.39 is 0 Å². The Morgan fingerprint density at radius 1 is 1.40 bits per heavy atom. The summed E-state index contributed by atoms with van der Waals surface area (Å²) in [5.74, 6) is 0. The molecule has 0 atom stereocenters. The molecule has 1 rings (SSSR count). The molecule has 15 heavy (non-hydrogen) atoms. The van der Waals surface area contributed by atoms with Crippen LogP contribution in [0.25, 0.3) is 0 Å². The number of allylic oxidation sites excluding steroid dienone is 1. The monoisotopic (exact) mass is 203 g/mol. The minimum atomic E-state index is 0.614. The van der Waals surface area contributed by atoms with Crippen LogP contribution in [0.3, 0.4) is 0 Å². The summed E-state index contributed by atoms with van der Waals surface area (Å²) in [6.07, 6.45) is 2.73. The highest BCUT2D eigenvalue weighted by atomic mass is 16.1. The summed E-state index contributed by atoms with van der Waals surface area (Å²) < 4.78 is 0. The third-order valence-electron chi connectivity index (χ3n) is 2.27. The molecule has 0 heterocycles. The number of amides is 1. The molecule has 0 radical (unpaired) electrons. The van der Waals surface area contributed by atoms with Gasteiger partial charge in [-0.3, -0.25) is 4.79 Å². The van der Waals surface area contributed by atoms with E-state index in [0.717, 1.165) is 30.5 Å². The van der Waals surface area contributed by atoms with Gasteiger partial charge in [-0.05, 0) is 12.0 Å². The van der Waals surface area contributed by atoms with E-state index in [1.165, 1.54) is 0 Å². The van der Waals surface area contributed by atoms with Crippen molar-refractivity contribution >= 4 is 6.41 Å². The van der Waals surface area contributed by atoms with Crippen LogP contribution >= 0.6 is 0 Å². The average Bonchev–Trinajstić information content (AvgIpc) is 2.27. The van der Waals surface area contributed by atoms with Crippen LogP contribution in [0.1, 0.15) is 25.3 Å². The van der Waals surface area contributed by atoms with Crippen molar-refractivity contribution in [3.05, 3.63) is 48.2 Å². The van der Waals surface area contributed by atoms with Crippen molar-refractivity contribution in [1.82, 2.24) is 4.90 Å². The Hall–Kier alpha value is -1.57. The maximum atomic E-state index is 10.9. The van der Waals surface area contributed by atoms with Crippen molar-refractivity contribution in [2.24, 2.45) is 0 Å². The zero-order valence-corrected chi connectivity index (χ0v) is 9.15. The largest absolute Gasteiger partial charge is 0.315 e. The van der Waals surface area contributed by atoms with Gasteiger partial charge >= 0.3 is 0 Å². The SMILES string of the molecule is C=C(CCC)N(C=O)Cc1ccccc1. The minimum Gasteiger partial charge on any atom is -0.315 e. The lowest BCUT2D eigenvalue weighted by molar-refractivity contribution is -0.117. The van der Waals surface area contributed by atoms with Crippen LogP contribution in [-0.4, -0.2) is 11.3 Å². The highest BCUT2D eigenvalue weighted by molar-refractivity contribution is 5.51. The van der Waals surface area contributed by atoms with Crippen LogP contribution in [-0.2, 0) is 11.3 Å². The number of hydrogen-bond donors (Lipinski definition) is 0. The number of nitrogens with zero attached hydrogens (tertiary/aromatic N) is 1. The maximum Gasteiger partial charge on any atom is 0.214 e. The van der Waals surface area contributed by atoms with Crippen LogP contribution in [0, 0.1) is 0 Å². The molecule has 0 aliphatic carbocycles. The number of carbonyl (C=O) groups is 1. The van der Waals surface area contributed by atoms with E-state index >= 15 is 0 Å². The third-order valence-corrected chi connectivity index (χ3v) is 2.27. The standard InChI is InChI=1S/C13H17NO/c1-3-7-12(2)14(11-15)10-13-8-5-4-6-9-13/h4-6,8-9,11H,2-3,7,10H2,1H3. The molecule has 0 fully saturated rings. The molecule has 0 unspecified atom stereocenters. The van der Waals surface area contributed by atoms with Gasteiger partial charge in [-0.15, -0.1) is 0 Å². The lowest BCUT2D eigenvalue weighted by atomic mass is 10.2. The first-order valence-corrected chi connectivity index (χ1v) is 5.21. The first kappa shape index (κ1) is 11.5. The summed E-state index contributed by atoms with van der Waals surface area (Å²) >= 11 is 0. The molecule has 1 aromatic rings. The van der Waals surface area contributed by atoms with Crippen molar-refractivity contribution in [2.75, 3.05) is 0 Å². The fraction of sp³-hybridized carbons (Fsp3) is 0.308. The third kappa shape index (κ3) is 3.58. The summed E-state index contributed by atoms with van der Waals surface area (Å²) in [5.41, 5.74) is 2.01. The molecule has 0 saturated heterocycles. The van der Waals surface area contributed by atoms with Gasteiger partial charge in [-0.1, -0.05) is 50.3 Å². The molecule has 1 aromatic carbocycles. The lowest BCUT2D eigenvalue weighted by Crippen LogP contribution is -2.19. The Kier molecular flexibility index (Phi) is 4.61. The molecule has 0 aromatic heterocycles. The molecule has 0 aliphatic rings. The molecule has 0 aliphatic heterocycles. The van der Waals surface area contributed by atoms with Crippen molar-refractivity contribution in [3.63, 3.8) is 0 Å². The second-order valence-electron chi connectivity index (χ2n) is 3.54. The van der Waals surface area contributed by atoms with Gasteiger partial charge in [0.25, 0.3) is 0 Å². The molecule has 1 amide bonds. The van der Waals surface area contributed by atoms with Gasteiger partial charge in [-0.25, -0.2) is 0 Å². The van der Waals surface area contributed by atoms with Gasteiger partial charge in [0.15, 0.2) is 0 Å². The first-order chi connectivity index (χ1) is 7.27. The van der Waals surface area contributed by atoms with E-state index in [9.17, 15) is 4.79 Å². The van der Waals surface area contributed by atoms with Gasteiger partial charge in [0.05, 0.1) is 6.54 Å². The number of benzene rings is 1. The zero-order chi connectivity index (χ0) is 11.1. The van der Waals surface area contributed by atoms with Gasteiger partial charge in [-0.2, -0.15) is 0 Å². The first-order valence-electron chi connectivity index (χ1n) is 5.21. The van der Waals surface area contributed by atoms with Gasteiger partial charge in [0, 0.05) is 5.70 Å². The second-order valence-corrected chi connectivity index (χ2v) is 3.54. The molecular weight excluding hydrogens is 186 g/mol. The second kappa shape index (κ2) is 6.02. The van der Waals surface area contributed by atoms with Crippen LogP contribution < -0.4 is 0 Å². The smallest absolute Gasteiger partial charge is 0.214 e. The van der Waals surface area contributed by atoms with E-state index in [-0.39, 0.29) is 0 Å². The Morgan fingerprint density at radius 2 is 2.07 bits per heavy atom. The topological polar surface area (TPSA) is 20.3 Å². The Balaban J connectivity index is 2.62. The summed E-state index contributed by atoms with van der Waals surface area (Å²) in [5, 5.41) is 0. The molecule has 2 nitrogen and oxygen atoms in total. The quantitative estimate of drug-likeness (QED) is 0.651. The fourth-order valence-electron chi connectivity index (χ4n) is 1.44. The normalized spacial score (nSPS) is 9.67. The highest BCUT2D eigenvalue weighted by Crippen LogP contribution is 2.11. The molecule has 80 valence electrons. The van der Waals surface area contributed by atoms with E-state index in [0.29, 0.717) is 6.54 Å². The molecular formula is C13H17NO. The lowest BCUT2D eigenvalue weighted by Gasteiger charge is -2.19. The van der Waals surface area contributed by atoms with E-state index in [1.807, 2.05) is 30.3 Å². The Morgan fingerprint density at radius 3 is 2.60 bits per heavy atom. The highest BCUT2D eigenvalue weighted by Gasteiger charge is 2.05. The predicted octanol–water partition coefficient (Wildman–Crippen LogP) is 2.96. The number of rotatable bonds is 6. The predicted molar refractivity (Wildman–Crippen MR) is 62.1 cm³/mol. The Labute approximate surface area is 91.2 Å². The van der Waals surface area contributed by atoms with Crippen molar-refractivity contribution in [1.29, 1.82) is 0 Å². The molecule has 0 N–H and O–H groups in total. The van der Waals surface area contributed by atoms with Gasteiger partial charge in [0.1, 0.15) is 0 Å². The average molecular weight is 203 g/mol. The Bertz CT molecular complexity index is 319. The number of carbonyl (C=O) groups excluding carboxylic acids is 1. The summed E-state index contributed by atoms with van der Waals surface area (Å²) in [4.78, 5) is 12.6. The minimum absolute atomic E-state index is 0.614. The summed E-state index contributed by atoms with van der Waals surface area (Å²) in [6.45, 7) is 6.60. The van der Waals surface area contributed by atoms with E-state index in [1.54, 1.807) is 4.90 Å². The summed E-state index contributed by atoms with van der Waals surface area (Å²) in [6, 6.07) is 9.93. The van der Waals surface area contributed by atoms with Crippen LogP contribution in [0.4, 0.5) is 0 Å². The molecule has 0 spiro atoms. The van der Waals surface area contributed by atoms with Gasteiger partial charge in [0.2, 0.25) is 6.41 Å². The summed E-state index contributed by atoms with van der Waals surface area (Å²) in [7, 11) is 0. The van der Waals surface area contributed by atoms with Crippen molar-refractivity contribution in [2.45, 2.75) is 26.3 Å². The van der Waals surface area contributed by atoms with Crippen LogP contribution in [0.2, 0.25) is 0 Å². The van der Waals surface area contributed by atoms with E-state index in [2.05, 4.69) is 13.5 Å². The number of hydrogen-bond acceptors (Lipinski definition) is 1. The molecule has 0 bridgehead atoms. The van der Waals surface area contributed by atoms with Gasteiger partial charge < -0.3 is 4.90 Å². The van der Waals surface area contributed by atoms with Crippen molar-refractivity contribution < 1.29 is 4.79 Å². The van der Waals surface area contributed by atoms with Crippen LogP contribution in [0.5, 0.6) is 0 Å². The maximum absolute atomic E-state index is 10.9. The van der Waals surface area contributed by atoms with E-state index in [4.69, 9.17) is 0 Å².